The van der Waals surface area contributed by atoms with Gasteiger partial charge in [-0.1, -0.05) is 53.3 Å². The van der Waals surface area contributed by atoms with Crippen LogP contribution in [-0.4, -0.2) is 21.0 Å². The van der Waals surface area contributed by atoms with Crippen LogP contribution in [0.1, 0.15) is 11.1 Å². The Hall–Kier alpha value is -2.99. The summed E-state index contributed by atoms with van der Waals surface area (Å²) >= 11 is 1.44. The van der Waals surface area contributed by atoms with Gasteiger partial charge in [-0.05, 0) is 19.1 Å². The van der Waals surface area contributed by atoms with Gasteiger partial charge in [-0.3, -0.25) is 9.89 Å². The van der Waals surface area contributed by atoms with Crippen LogP contribution in [0.25, 0.3) is 26.6 Å². The molecule has 0 saturated carbocycles. The van der Waals surface area contributed by atoms with Crippen molar-refractivity contribution in [2.24, 2.45) is 0 Å². The molecular weight excluding hydrogens is 320 g/mol. The quantitative estimate of drug-likeness (QED) is 0.560. The van der Waals surface area contributed by atoms with Crippen LogP contribution in [0.3, 0.4) is 0 Å². The number of para-hydroxylation sites is 1. The van der Waals surface area contributed by atoms with Crippen molar-refractivity contribution in [1.82, 2.24) is 14.8 Å². The molecule has 0 radical (unpaired) electrons. The molecule has 2 N–H and O–H groups in total. The van der Waals surface area contributed by atoms with E-state index in [0.717, 1.165) is 27.6 Å². The van der Waals surface area contributed by atoms with E-state index in [9.17, 15) is 4.79 Å². The topological polar surface area (TPSA) is 74.5 Å². The minimum absolute atomic E-state index is 0.264. The first-order valence-electron chi connectivity index (χ1n) is 7.46. The fourth-order valence-corrected chi connectivity index (χ4v) is 3.54. The molecule has 0 atom stereocenters. The lowest BCUT2D eigenvalue weighted by Crippen LogP contribution is -2.16. The first-order valence-corrected chi connectivity index (χ1v) is 8.27. The van der Waals surface area contributed by atoms with Gasteiger partial charge in [0.05, 0.1) is 21.5 Å². The summed E-state index contributed by atoms with van der Waals surface area (Å²) in [4.78, 5) is 17.2. The minimum atomic E-state index is -0.264. The summed E-state index contributed by atoms with van der Waals surface area (Å²) in [7, 11) is 0. The van der Waals surface area contributed by atoms with Gasteiger partial charge < -0.3 is 5.41 Å². The Morgan fingerprint density at radius 3 is 2.62 bits per heavy atom. The highest BCUT2D eigenvalue weighted by molar-refractivity contribution is 7.20. The highest BCUT2D eigenvalue weighted by atomic mass is 32.1. The van der Waals surface area contributed by atoms with Crippen LogP contribution < -0.4 is 5.56 Å². The first kappa shape index (κ1) is 14.6. The average molecular weight is 334 g/mol. The second kappa shape index (κ2) is 5.58. The number of fused-ring (bicyclic) bond motifs is 1. The van der Waals surface area contributed by atoms with Crippen molar-refractivity contribution in [3.05, 3.63) is 70.0 Å². The third-order valence-corrected chi connectivity index (χ3v) is 4.91. The lowest BCUT2D eigenvalue weighted by atomic mass is 10.1. The normalized spacial score (nSPS) is 11.0. The zero-order valence-corrected chi connectivity index (χ0v) is 13.7. The third kappa shape index (κ3) is 2.28. The van der Waals surface area contributed by atoms with E-state index in [1.165, 1.54) is 16.0 Å². The molecule has 4 rings (SSSR count). The van der Waals surface area contributed by atoms with Gasteiger partial charge in [0, 0.05) is 11.8 Å². The Balaban J connectivity index is 1.92. The van der Waals surface area contributed by atoms with E-state index in [1.54, 1.807) is 0 Å². The van der Waals surface area contributed by atoms with Crippen LogP contribution in [0.15, 0.2) is 53.3 Å². The summed E-state index contributed by atoms with van der Waals surface area (Å²) in [6.07, 6.45) is 1.10. The Kier molecular flexibility index (Phi) is 3.39. The summed E-state index contributed by atoms with van der Waals surface area (Å²) in [5.41, 5.74) is 3.57. The summed E-state index contributed by atoms with van der Waals surface area (Å²) in [6, 6.07) is 15.6. The SMILES string of the molecule is Cc1ccc(-c2[nH]n(-c3nc4ccccc4s3)c(=O)c2C=N)cc1. The third-order valence-electron chi connectivity index (χ3n) is 3.88. The van der Waals surface area contributed by atoms with Gasteiger partial charge in [-0.2, -0.15) is 4.68 Å². The fraction of sp³-hybridized carbons (Fsp3) is 0.0556. The van der Waals surface area contributed by atoms with Gasteiger partial charge in [0.25, 0.3) is 5.56 Å². The largest absolute Gasteiger partial charge is 0.308 e. The molecule has 0 saturated heterocycles. The van der Waals surface area contributed by atoms with Crippen LogP contribution in [0.4, 0.5) is 0 Å². The maximum atomic E-state index is 12.7. The molecule has 0 amide bonds. The molecule has 0 aliphatic heterocycles. The number of thiazole rings is 1. The zero-order chi connectivity index (χ0) is 16.7. The maximum Gasteiger partial charge on any atom is 0.282 e. The molecule has 0 bridgehead atoms. The lowest BCUT2D eigenvalue weighted by molar-refractivity contribution is 0.845. The second-order valence-electron chi connectivity index (χ2n) is 5.52. The maximum absolute atomic E-state index is 12.7. The zero-order valence-electron chi connectivity index (χ0n) is 12.9. The molecule has 118 valence electrons. The Morgan fingerprint density at radius 1 is 1.17 bits per heavy atom. The molecular formula is C18H14N4OS. The van der Waals surface area contributed by atoms with Crippen molar-refractivity contribution in [2.75, 3.05) is 0 Å². The Labute approximate surface area is 141 Å². The predicted molar refractivity (Wildman–Crippen MR) is 97.6 cm³/mol. The lowest BCUT2D eigenvalue weighted by Gasteiger charge is -2.00. The molecule has 2 aromatic heterocycles. The molecule has 2 heterocycles. The molecule has 0 unspecified atom stereocenters. The Bertz CT molecular complexity index is 1070. The van der Waals surface area contributed by atoms with Gasteiger partial charge in [0.2, 0.25) is 5.13 Å². The van der Waals surface area contributed by atoms with Crippen LogP contribution in [0.2, 0.25) is 0 Å². The number of hydrogen-bond acceptors (Lipinski definition) is 4. The molecule has 6 heteroatoms. The summed E-state index contributed by atoms with van der Waals surface area (Å²) < 4.78 is 2.43. The number of aromatic amines is 1. The number of benzene rings is 2. The Morgan fingerprint density at radius 2 is 1.92 bits per heavy atom. The highest BCUT2D eigenvalue weighted by Gasteiger charge is 2.17. The average Bonchev–Trinajstić information content (AvgIpc) is 3.16. The smallest absolute Gasteiger partial charge is 0.282 e. The van der Waals surface area contributed by atoms with Crippen molar-refractivity contribution >= 4 is 27.8 Å². The van der Waals surface area contributed by atoms with Crippen molar-refractivity contribution in [3.8, 4) is 16.4 Å². The minimum Gasteiger partial charge on any atom is -0.308 e. The van der Waals surface area contributed by atoms with Crippen molar-refractivity contribution in [3.63, 3.8) is 0 Å². The highest BCUT2D eigenvalue weighted by Crippen LogP contribution is 2.25. The first-order chi connectivity index (χ1) is 11.7. The number of aromatic nitrogens is 3. The number of nitrogens with zero attached hydrogens (tertiary/aromatic N) is 2. The van der Waals surface area contributed by atoms with Gasteiger partial charge in [-0.15, -0.1) is 0 Å². The van der Waals surface area contributed by atoms with Gasteiger partial charge >= 0.3 is 0 Å². The summed E-state index contributed by atoms with van der Waals surface area (Å²) in [6.45, 7) is 2.01. The predicted octanol–water partition coefficient (Wildman–Crippen LogP) is 3.75. The summed E-state index contributed by atoms with van der Waals surface area (Å²) in [5, 5.41) is 11.3. The second-order valence-corrected chi connectivity index (χ2v) is 6.52. The molecule has 0 aliphatic rings. The van der Waals surface area contributed by atoms with Crippen LogP contribution in [0, 0.1) is 12.3 Å². The molecule has 0 fully saturated rings. The van der Waals surface area contributed by atoms with Crippen LogP contribution in [-0.2, 0) is 0 Å². The van der Waals surface area contributed by atoms with E-state index in [-0.39, 0.29) is 5.56 Å². The van der Waals surface area contributed by atoms with E-state index in [4.69, 9.17) is 5.41 Å². The van der Waals surface area contributed by atoms with Gasteiger partial charge in [-0.25, -0.2) is 4.98 Å². The van der Waals surface area contributed by atoms with E-state index < -0.39 is 0 Å². The number of nitrogens with one attached hydrogen (secondary N) is 2. The van der Waals surface area contributed by atoms with E-state index in [1.807, 2.05) is 55.5 Å². The van der Waals surface area contributed by atoms with E-state index in [0.29, 0.717) is 16.4 Å². The van der Waals surface area contributed by atoms with Crippen LogP contribution >= 0.6 is 11.3 Å². The monoisotopic (exact) mass is 334 g/mol. The molecule has 24 heavy (non-hydrogen) atoms. The number of H-pyrrole nitrogens is 1. The van der Waals surface area contributed by atoms with E-state index in [2.05, 4.69) is 10.1 Å². The summed E-state index contributed by atoms with van der Waals surface area (Å²) in [5.74, 6) is 0. The van der Waals surface area contributed by atoms with Crippen molar-refractivity contribution in [1.29, 1.82) is 5.41 Å². The number of rotatable bonds is 3. The number of hydrogen-bond donors (Lipinski definition) is 2. The molecule has 2 aromatic carbocycles. The molecule has 0 aliphatic carbocycles. The standard InChI is InChI=1S/C18H14N4OS/c1-11-6-8-12(9-7-11)16-13(10-19)17(23)22(21-16)18-20-14-4-2-3-5-15(14)24-18/h2-10,19,21H,1H3. The van der Waals surface area contributed by atoms with E-state index >= 15 is 0 Å². The van der Waals surface area contributed by atoms with Crippen molar-refractivity contribution in [2.45, 2.75) is 6.92 Å². The molecule has 5 nitrogen and oxygen atoms in total. The molecule has 4 aromatic rings. The van der Waals surface area contributed by atoms with Crippen molar-refractivity contribution < 1.29 is 0 Å². The van der Waals surface area contributed by atoms with Gasteiger partial charge in [0.15, 0.2) is 0 Å². The molecule has 0 spiro atoms. The van der Waals surface area contributed by atoms with Crippen LogP contribution in [0.5, 0.6) is 0 Å². The fourth-order valence-electron chi connectivity index (χ4n) is 2.61. The number of aryl methyl sites for hydroxylation is 1. The van der Waals surface area contributed by atoms with Gasteiger partial charge in [0.1, 0.15) is 0 Å².